The Hall–Kier alpha value is -1.81. The first kappa shape index (κ1) is 16.6. The third-order valence-electron chi connectivity index (χ3n) is 4.33. The Morgan fingerprint density at radius 2 is 2.00 bits per heavy atom. The fraction of sp³-hybridized carbons (Fsp3) is 0.500. The fourth-order valence-corrected chi connectivity index (χ4v) is 2.91. The van der Waals surface area contributed by atoms with Gasteiger partial charge in [-0.1, -0.05) is 18.6 Å². The number of rotatable bonds is 5. The highest BCUT2D eigenvalue weighted by Crippen LogP contribution is 2.29. The molecule has 0 N–H and O–H groups in total. The SMILES string of the molecule is CCC(Cc1c(C)n(C)c2ccc(C)cc12)C(=O)ON(C)C. The molecular weight excluding hydrogens is 276 g/mol. The number of benzene rings is 1. The number of hydrogen-bond acceptors (Lipinski definition) is 3. The summed E-state index contributed by atoms with van der Waals surface area (Å²) in [4.78, 5) is 17.5. The maximum atomic E-state index is 12.2. The Labute approximate surface area is 132 Å². The van der Waals surface area contributed by atoms with Gasteiger partial charge in [0, 0.05) is 37.7 Å². The zero-order chi connectivity index (χ0) is 16.4. The Bertz CT molecular complexity index is 686. The largest absolute Gasteiger partial charge is 0.368 e. The molecule has 1 unspecified atom stereocenters. The maximum Gasteiger partial charge on any atom is 0.328 e. The first-order chi connectivity index (χ1) is 10.3. The number of hydrogen-bond donors (Lipinski definition) is 0. The van der Waals surface area contributed by atoms with E-state index in [1.54, 1.807) is 14.1 Å². The molecule has 4 heteroatoms. The molecule has 0 bridgehead atoms. The third kappa shape index (κ3) is 3.17. The van der Waals surface area contributed by atoms with Gasteiger partial charge in [-0.05, 0) is 44.4 Å². The Morgan fingerprint density at radius 1 is 1.32 bits per heavy atom. The minimum absolute atomic E-state index is 0.118. The van der Waals surface area contributed by atoms with E-state index < -0.39 is 0 Å². The lowest BCUT2D eigenvalue weighted by Crippen LogP contribution is -2.26. The Kier molecular flexibility index (Phi) is 4.91. The molecule has 22 heavy (non-hydrogen) atoms. The number of aryl methyl sites for hydroxylation is 2. The summed E-state index contributed by atoms with van der Waals surface area (Å²) < 4.78 is 2.20. The van der Waals surface area contributed by atoms with Crippen molar-refractivity contribution in [1.29, 1.82) is 0 Å². The number of aromatic nitrogens is 1. The van der Waals surface area contributed by atoms with Crippen molar-refractivity contribution in [2.45, 2.75) is 33.6 Å². The van der Waals surface area contributed by atoms with Crippen LogP contribution in [0.1, 0.15) is 30.2 Å². The van der Waals surface area contributed by atoms with Crippen LogP contribution in [0, 0.1) is 19.8 Å². The van der Waals surface area contributed by atoms with Crippen LogP contribution in [0.15, 0.2) is 18.2 Å². The molecule has 1 aromatic carbocycles. The smallest absolute Gasteiger partial charge is 0.328 e. The number of fused-ring (bicyclic) bond motifs is 1. The molecule has 0 aliphatic heterocycles. The van der Waals surface area contributed by atoms with Crippen molar-refractivity contribution < 1.29 is 9.63 Å². The summed E-state index contributed by atoms with van der Waals surface area (Å²) in [5.74, 6) is -0.274. The summed E-state index contributed by atoms with van der Waals surface area (Å²) in [5.41, 5.74) is 4.93. The van der Waals surface area contributed by atoms with Gasteiger partial charge in [0.15, 0.2) is 0 Å². The highest BCUT2D eigenvalue weighted by atomic mass is 16.7. The van der Waals surface area contributed by atoms with Crippen LogP contribution >= 0.6 is 0 Å². The summed E-state index contributed by atoms with van der Waals surface area (Å²) in [5, 5.41) is 2.71. The van der Waals surface area contributed by atoms with Gasteiger partial charge in [0.1, 0.15) is 0 Å². The summed E-state index contributed by atoms with van der Waals surface area (Å²) >= 11 is 0. The minimum atomic E-state index is -0.156. The van der Waals surface area contributed by atoms with Crippen LogP contribution in [0.2, 0.25) is 0 Å². The second kappa shape index (κ2) is 6.53. The van der Waals surface area contributed by atoms with E-state index in [0.29, 0.717) is 0 Å². The molecule has 2 aromatic rings. The summed E-state index contributed by atoms with van der Waals surface area (Å²) in [6.45, 7) is 6.26. The van der Waals surface area contributed by atoms with Crippen molar-refractivity contribution in [3.05, 3.63) is 35.0 Å². The van der Waals surface area contributed by atoms with E-state index in [-0.39, 0.29) is 11.9 Å². The normalized spacial score (nSPS) is 12.9. The first-order valence-electron chi connectivity index (χ1n) is 7.78. The van der Waals surface area contributed by atoms with Crippen molar-refractivity contribution in [1.82, 2.24) is 9.63 Å². The third-order valence-corrected chi connectivity index (χ3v) is 4.33. The van der Waals surface area contributed by atoms with Gasteiger partial charge >= 0.3 is 5.97 Å². The summed E-state index contributed by atoms with van der Waals surface area (Å²) in [6.07, 6.45) is 1.49. The predicted octanol–water partition coefficient (Wildman–Crippen LogP) is 3.38. The van der Waals surface area contributed by atoms with Gasteiger partial charge in [-0.25, -0.2) is 0 Å². The molecule has 0 spiro atoms. The minimum Gasteiger partial charge on any atom is -0.368 e. The number of nitrogens with zero attached hydrogens (tertiary/aromatic N) is 2. The van der Waals surface area contributed by atoms with Gasteiger partial charge in [-0.15, -0.1) is 5.06 Å². The molecule has 0 radical (unpaired) electrons. The molecule has 0 aliphatic rings. The molecule has 1 heterocycles. The van der Waals surface area contributed by atoms with Crippen molar-refractivity contribution >= 4 is 16.9 Å². The number of carbonyl (C=O) groups excluding carboxylic acids is 1. The van der Waals surface area contributed by atoms with Gasteiger partial charge in [-0.2, -0.15) is 0 Å². The average Bonchev–Trinajstić information content (AvgIpc) is 2.67. The lowest BCUT2D eigenvalue weighted by Gasteiger charge is -2.17. The standard InChI is InChI=1S/C18H26N2O2/c1-7-14(18(21)22-19(4)5)11-15-13(3)20(6)17-9-8-12(2)10-16(15)17/h8-10,14H,7,11H2,1-6H3. The molecule has 0 aliphatic carbocycles. The second-order valence-corrected chi connectivity index (χ2v) is 6.18. The van der Waals surface area contributed by atoms with Crippen LogP contribution in [0.3, 0.4) is 0 Å². The molecular formula is C18H26N2O2. The molecule has 0 amide bonds. The van der Waals surface area contributed by atoms with E-state index in [1.165, 1.54) is 32.8 Å². The lowest BCUT2D eigenvalue weighted by atomic mass is 9.95. The number of carbonyl (C=O) groups is 1. The molecule has 1 aromatic heterocycles. The van der Waals surface area contributed by atoms with E-state index >= 15 is 0 Å². The van der Waals surface area contributed by atoms with E-state index in [4.69, 9.17) is 4.84 Å². The predicted molar refractivity (Wildman–Crippen MR) is 89.7 cm³/mol. The van der Waals surface area contributed by atoms with Crippen molar-refractivity contribution in [3.63, 3.8) is 0 Å². The van der Waals surface area contributed by atoms with Gasteiger partial charge in [-0.3, -0.25) is 4.79 Å². The van der Waals surface area contributed by atoms with Crippen LogP contribution < -0.4 is 0 Å². The Morgan fingerprint density at radius 3 is 2.59 bits per heavy atom. The summed E-state index contributed by atoms with van der Waals surface area (Å²) in [7, 11) is 5.55. The van der Waals surface area contributed by atoms with Gasteiger partial charge in [0.25, 0.3) is 0 Å². The maximum absolute atomic E-state index is 12.2. The van der Waals surface area contributed by atoms with Crippen LogP contribution in [0.5, 0.6) is 0 Å². The quantitative estimate of drug-likeness (QED) is 0.794. The zero-order valence-corrected chi connectivity index (χ0v) is 14.4. The molecule has 2 rings (SSSR count). The monoisotopic (exact) mass is 302 g/mol. The van der Waals surface area contributed by atoms with E-state index in [1.807, 2.05) is 6.92 Å². The van der Waals surface area contributed by atoms with Crippen molar-refractivity contribution in [3.8, 4) is 0 Å². The number of hydroxylamine groups is 2. The van der Waals surface area contributed by atoms with E-state index in [2.05, 4.69) is 43.7 Å². The van der Waals surface area contributed by atoms with Crippen molar-refractivity contribution in [2.75, 3.05) is 14.1 Å². The van der Waals surface area contributed by atoms with Gasteiger partial charge in [0.05, 0.1) is 5.92 Å². The Balaban J connectivity index is 2.39. The van der Waals surface area contributed by atoms with E-state index in [0.717, 1.165) is 12.8 Å². The molecule has 120 valence electrons. The van der Waals surface area contributed by atoms with Crippen LogP contribution in [-0.4, -0.2) is 29.7 Å². The lowest BCUT2D eigenvalue weighted by molar-refractivity contribution is -0.183. The fourth-order valence-electron chi connectivity index (χ4n) is 2.91. The molecule has 0 saturated heterocycles. The molecule has 0 fully saturated rings. The van der Waals surface area contributed by atoms with E-state index in [9.17, 15) is 4.79 Å². The summed E-state index contributed by atoms with van der Waals surface area (Å²) in [6, 6.07) is 6.49. The average molecular weight is 302 g/mol. The second-order valence-electron chi connectivity index (χ2n) is 6.18. The van der Waals surface area contributed by atoms with Gasteiger partial charge < -0.3 is 9.40 Å². The topological polar surface area (TPSA) is 34.5 Å². The van der Waals surface area contributed by atoms with Crippen molar-refractivity contribution in [2.24, 2.45) is 13.0 Å². The van der Waals surface area contributed by atoms with Gasteiger partial charge in [0.2, 0.25) is 0 Å². The van der Waals surface area contributed by atoms with Crippen LogP contribution in [0.4, 0.5) is 0 Å². The highest BCUT2D eigenvalue weighted by Gasteiger charge is 2.23. The van der Waals surface area contributed by atoms with Crippen LogP contribution in [0.25, 0.3) is 10.9 Å². The first-order valence-corrected chi connectivity index (χ1v) is 7.78. The molecule has 0 saturated carbocycles. The highest BCUT2D eigenvalue weighted by molar-refractivity contribution is 5.87. The molecule has 4 nitrogen and oxygen atoms in total. The zero-order valence-electron chi connectivity index (χ0n) is 14.4. The van der Waals surface area contributed by atoms with Crippen LogP contribution in [-0.2, 0) is 23.1 Å². The molecule has 1 atom stereocenters.